The molecule has 6 nitrogen and oxygen atoms in total. The first-order chi connectivity index (χ1) is 13.1. The van der Waals surface area contributed by atoms with Crippen LogP contribution in [0.1, 0.15) is 15.9 Å². The van der Waals surface area contributed by atoms with Crippen LogP contribution in [0.25, 0.3) is 10.9 Å². The van der Waals surface area contributed by atoms with Gasteiger partial charge >= 0.3 is 5.97 Å². The summed E-state index contributed by atoms with van der Waals surface area (Å²) in [6, 6.07) is 12.5. The Bertz CT molecular complexity index is 990. The molecular weight excluding hydrogens is 370 g/mol. The SMILES string of the molecule is COc1cc(OC)c(C(=O)OCc2cc3ccccc3nc2Cl)cc1OC. The van der Waals surface area contributed by atoms with Gasteiger partial charge < -0.3 is 18.9 Å². The second kappa shape index (κ2) is 8.14. The van der Waals surface area contributed by atoms with Gasteiger partial charge in [-0.2, -0.15) is 0 Å². The number of hydrogen-bond acceptors (Lipinski definition) is 6. The van der Waals surface area contributed by atoms with Crippen LogP contribution in [0.5, 0.6) is 17.2 Å². The van der Waals surface area contributed by atoms with Crippen molar-refractivity contribution in [1.29, 1.82) is 0 Å². The highest BCUT2D eigenvalue weighted by molar-refractivity contribution is 6.30. The Balaban J connectivity index is 1.85. The second-order valence-electron chi connectivity index (χ2n) is 5.61. The van der Waals surface area contributed by atoms with Gasteiger partial charge in [0.05, 0.1) is 26.8 Å². The summed E-state index contributed by atoms with van der Waals surface area (Å²) < 4.78 is 21.1. The molecule has 27 heavy (non-hydrogen) atoms. The highest BCUT2D eigenvalue weighted by Crippen LogP contribution is 2.35. The maximum atomic E-state index is 12.6. The van der Waals surface area contributed by atoms with E-state index in [9.17, 15) is 4.79 Å². The quantitative estimate of drug-likeness (QED) is 0.464. The summed E-state index contributed by atoms with van der Waals surface area (Å²) in [5.74, 6) is 0.598. The summed E-state index contributed by atoms with van der Waals surface area (Å²) in [5, 5.41) is 1.21. The number of hydrogen-bond donors (Lipinski definition) is 0. The first kappa shape index (κ1) is 18.8. The van der Waals surface area contributed by atoms with Crippen molar-refractivity contribution in [3.8, 4) is 17.2 Å². The largest absolute Gasteiger partial charge is 0.496 e. The van der Waals surface area contributed by atoms with Crippen molar-refractivity contribution >= 4 is 28.5 Å². The smallest absolute Gasteiger partial charge is 0.342 e. The first-order valence-corrected chi connectivity index (χ1v) is 8.46. The van der Waals surface area contributed by atoms with Crippen LogP contribution < -0.4 is 14.2 Å². The lowest BCUT2D eigenvalue weighted by atomic mass is 10.1. The maximum absolute atomic E-state index is 12.6. The van der Waals surface area contributed by atoms with E-state index in [0.29, 0.717) is 28.0 Å². The molecule has 0 amide bonds. The molecule has 0 saturated heterocycles. The summed E-state index contributed by atoms with van der Waals surface area (Å²) in [6.45, 7) is -0.0208. The van der Waals surface area contributed by atoms with Gasteiger partial charge in [0.1, 0.15) is 23.1 Å². The molecule has 0 bridgehead atoms. The molecule has 2 aromatic carbocycles. The van der Waals surface area contributed by atoms with Gasteiger partial charge in [0.25, 0.3) is 0 Å². The molecule has 7 heteroatoms. The number of carbonyl (C=O) groups is 1. The van der Waals surface area contributed by atoms with Crippen LogP contribution in [-0.4, -0.2) is 32.3 Å². The first-order valence-electron chi connectivity index (χ1n) is 8.08. The summed E-state index contributed by atoms with van der Waals surface area (Å²) >= 11 is 6.21. The van der Waals surface area contributed by atoms with E-state index in [1.165, 1.54) is 27.4 Å². The van der Waals surface area contributed by atoms with Crippen LogP contribution in [0.3, 0.4) is 0 Å². The molecule has 0 unspecified atom stereocenters. The maximum Gasteiger partial charge on any atom is 0.342 e. The van der Waals surface area contributed by atoms with Crippen molar-refractivity contribution in [3.63, 3.8) is 0 Å². The monoisotopic (exact) mass is 387 g/mol. The number of methoxy groups -OCH3 is 3. The topological polar surface area (TPSA) is 66.9 Å². The van der Waals surface area contributed by atoms with Crippen LogP contribution >= 0.6 is 11.6 Å². The van der Waals surface area contributed by atoms with Gasteiger partial charge in [-0.05, 0) is 12.1 Å². The van der Waals surface area contributed by atoms with E-state index >= 15 is 0 Å². The summed E-state index contributed by atoms with van der Waals surface area (Å²) in [5.41, 5.74) is 1.61. The number of rotatable bonds is 6. The van der Waals surface area contributed by atoms with Gasteiger partial charge in [-0.1, -0.05) is 29.8 Å². The van der Waals surface area contributed by atoms with E-state index in [1.807, 2.05) is 30.3 Å². The minimum atomic E-state index is -0.572. The number of ether oxygens (including phenoxy) is 4. The molecule has 0 aliphatic rings. The Morgan fingerprint density at radius 2 is 1.63 bits per heavy atom. The van der Waals surface area contributed by atoms with Crippen LogP contribution in [0, 0.1) is 0 Å². The van der Waals surface area contributed by atoms with E-state index in [4.69, 9.17) is 30.5 Å². The van der Waals surface area contributed by atoms with E-state index in [0.717, 1.165) is 10.9 Å². The predicted molar refractivity (Wildman–Crippen MR) is 102 cm³/mol. The molecule has 0 radical (unpaired) electrons. The molecule has 0 fully saturated rings. The van der Waals surface area contributed by atoms with Gasteiger partial charge in [0.15, 0.2) is 11.5 Å². The summed E-state index contributed by atoms with van der Waals surface area (Å²) in [4.78, 5) is 16.9. The predicted octanol–water partition coefficient (Wildman–Crippen LogP) is 4.27. The normalized spacial score (nSPS) is 10.5. The van der Waals surface area contributed by atoms with Crippen molar-refractivity contribution in [2.24, 2.45) is 0 Å². The zero-order chi connectivity index (χ0) is 19.4. The number of fused-ring (bicyclic) bond motifs is 1. The Hall–Kier alpha value is -2.99. The molecule has 0 spiro atoms. The lowest BCUT2D eigenvalue weighted by Gasteiger charge is -2.14. The standard InChI is InChI=1S/C20H18ClNO5/c1-24-16-10-18(26-3)17(25-2)9-14(16)20(23)27-11-13-8-12-6-4-5-7-15(12)22-19(13)21/h4-10H,11H2,1-3H3. The zero-order valence-electron chi connectivity index (χ0n) is 15.1. The fourth-order valence-corrected chi connectivity index (χ4v) is 2.85. The number of halogens is 1. The zero-order valence-corrected chi connectivity index (χ0v) is 15.9. The second-order valence-corrected chi connectivity index (χ2v) is 5.97. The van der Waals surface area contributed by atoms with Crippen molar-refractivity contribution in [2.45, 2.75) is 6.61 Å². The third kappa shape index (κ3) is 3.90. The van der Waals surface area contributed by atoms with Gasteiger partial charge in [0, 0.05) is 23.1 Å². The minimum Gasteiger partial charge on any atom is -0.496 e. The number of benzene rings is 2. The molecule has 1 aromatic heterocycles. The number of nitrogens with zero attached hydrogens (tertiary/aromatic N) is 1. The van der Waals surface area contributed by atoms with Gasteiger partial charge in [-0.15, -0.1) is 0 Å². The molecule has 0 aliphatic heterocycles. The minimum absolute atomic E-state index is 0.0208. The fraction of sp³-hybridized carbons (Fsp3) is 0.200. The van der Waals surface area contributed by atoms with Gasteiger partial charge in [-0.25, -0.2) is 9.78 Å². The van der Waals surface area contributed by atoms with Crippen molar-refractivity contribution in [1.82, 2.24) is 4.98 Å². The molecular formula is C20H18ClNO5. The van der Waals surface area contributed by atoms with Crippen LogP contribution in [-0.2, 0) is 11.3 Å². The highest BCUT2D eigenvalue weighted by atomic mass is 35.5. The van der Waals surface area contributed by atoms with Gasteiger partial charge in [0.2, 0.25) is 0 Å². The third-order valence-corrected chi connectivity index (χ3v) is 4.36. The number of pyridine rings is 1. The molecule has 0 saturated carbocycles. The highest BCUT2D eigenvalue weighted by Gasteiger charge is 2.19. The lowest BCUT2D eigenvalue weighted by molar-refractivity contribution is 0.0468. The van der Waals surface area contributed by atoms with Crippen molar-refractivity contribution in [3.05, 3.63) is 58.7 Å². The molecule has 1 heterocycles. The number of esters is 1. The number of carbonyl (C=O) groups excluding carboxylic acids is 1. The van der Waals surface area contributed by atoms with Crippen molar-refractivity contribution in [2.75, 3.05) is 21.3 Å². The summed E-state index contributed by atoms with van der Waals surface area (Å²) in [6.07, 6.45) is 0. The van der Waals surface area contributed by atoms with Crippen LogP contribution in [0.4, 0.5) is 0 Å². The molecule has 0 aliphatic carbocycles. The number of aromatic nitrogens is 1. The molecule has 3 rings (SSSR count). The van der Waals surface area contributed by atoms with E-state index in [-0.39, 0.29) is 12.2 Å². The van der Waals surface area contributed by atoms with E-state index in [2.05, 4.69) is 4.98 Å². The Labute approximate surface area is 161 Å². The average molecular weight is 388 g/mol. The van der Waals surface area contributed by atoms with Gasteiger partial charge in [-0.3, -0.25) is 0 Å². The Kier molecular flexibility index (Phi) is 5.66. The average Bonchev–Trinajstić information content (AvgIpc) is 2.70. The molecule has 0 atom stereocenters. The van der Waals surface area contributed by atoms with E-state index in [1.54, 1.807) is 6.07 Å². The molecule has 140 valence electrons. The lowest BCUT2D eigenvalue weighted by Crippen LogP contribution is -2.08. The van der Waals surface area contributed by atoms with Crippen LogP contribution in [0.2, 0.25) is 5.15 Å². The molecule has 0 N–H and O–H groups in total. The summed E-state index contributed by atoms with van der Waals surface area (Å²) in [7, 11) is 4.45. The Morgan fingerprint density at radius 3 is 2.33 bits per heavy atom. The van der Waals surface area contributed by atoms with E-state index < -0.39 is 5.97 Å². The Morgan fingerprint density at radius 1 is 0.963 bits per heavy atom. The van der Waals surface area contributed by atoms with Crippen molar-refractivity contribution < 1.29 is 23.7 Å². The van der Waals surface area contributed by atoms with Crippen LogP contribution in [0.15, 0.2) is 42.5 Å². The fourth-order valence-electron chi connectivity index (χ4n) is 2.65. The number of para-hydroxylation sites is 1. The molecule has 3 aromatic rings. The third-order valence-electron chi connectivity index (χ3n) is 4.03.